The molecule has 4 heterocycles. The van der Waals surface area contributed by atoms with E-state index in [-0.39, 0.29) is 30.5 Å². The molecule has 2 fully saturated rings. The Labute approximate surface area is 464 Å². The summed E-state index contributed by atoms with van der Waals surface area (Å²) >= 11 is 3.98. The summed E-state index contributed by atoms with van der Waals surface area (Å²) in [7, 11) is 1.59. The average molecular weight is 1090 g/mol. The Hall–Kier alpha value is -8.63. The number of carbonyl (C=O) groups excluding carboxylic acids is 3. The Balaban J connectivity index is 0.926. The first-order valence-corrected chi connectivity index (χ1v) is 27.9. The van der Waals surface area contributed by atoms with Crippen molar-refractivity contribution in [3.8, 4) is 5.75 Å². The number of nitrogens with one attached hydrogen (secondary N) is 2. The molecule has 2 N–H and O–H groups in total. The first-order chi connectivity index (χ1) is 38.3. The van der Waals surface area contributed by atoms with Gasteiger partial charge in [-0.15, -0.1) is 22.7 Å². The van der Waals surface area contributed by atoms with Crippen LogP contribution in [0.15, 0.2) is 235 Å². The molecule has 15 heteroatoms. The minimum absolute atomic E-state index is 0.0740. The number of aromatic nitrogens is 2. The van der Waals surface area contributed by atoms with Crippen molar-refractivity contribution in [2.45, 2.75) is 35.6 Å². The highest BCUT2D eigenvalue weighted by Gasteiger charge is 2.61. The van der Waals surface area contributed by atoms with E-state index < -0.39 is 39.8 Å². The number of carbonyl (C=O) groups is 3. The van der Waals surface area contributed by atoms with Crippen LogP contribution in [0.5, 0.6) is 5.75 Å². The van der Waals surface area contributed by atoms with Gasteiger partial charge in [-0.1, -0.05) is 217 Å². The monoisotopic (exact) mass is 1080 g/mol. The van der Waals surface area contributed by atoms with Crippen molar-refractivity contribution >= 4 is 68.5 Å². The van der Waals surface area contributed by atoms with Gasteiger partial charge in [0.1, 0.15) is 34.4 Å². The van der Waals surface area contributed by atoms with E-state index in [2.05, 4.69) is 52.0 Å². The third kappa shape index (κ3) is 10.2. The molecule has 9 aromatic rings. The van der Waals surface area contributed by atoms with Crippen LogP contribution in [-0.4, -0.2) is 62.8 Å². The SMILES string of the molecule is COc1ccc(COC(=O)C2(C=Cc3cncs3)CN3C(=O)C(NC(=O)Cc4csc(NC(c5ccccc5)(c5ccccc5)c5ccccc5)n4)[C@H]3SC2=NOC(c2ccccc2)(c2ccccc2)c2ccccc2)cc1. The lowest BCUT2D eigenvalue weighted by Gasteiger charge is -2.53. The number of methoxy groups -OCH3 is 1. The van der Waals surface area contributed by atoms with E-state index in [1.807, 2.05) is 163 Å². The zero-order valence-corrected chi connectivity index (χ0v) is 44.7. The summed E-state index contributed by atoms with van der Waals surface area (Å²) in [4.78, 5) is 62.7. The lowest BCUT2D eigenvalue weighted by atomic mass is 9.77. The number of thiazole rings is 2. The van der Waals surface area contributed by atoms with Crippen LogP contribution in [0.2, 0.25) is 0 Å². The summed E-state index contributed by atoms with van der Waals surface area (Å²) in [5, 5.41) is 14.0. The van der Waals surface area contributed by atoms with E-state index in [4.69, 9.17) is 24.5 Å². The quantitative estimate of drug-likeness (QED) is 0.0347. The van der Waals surface area contributed by atoms with Crippen LogP contribution in [0.3, 0.4) is 0 Å². The minimum atomic E-state index is -1.68. The van der Waals surface area contributed by atoms with Crippen molar-refractivity contribution in [3.63, 3.8) is 0 Å². The number of β-lactam (4-membered cyclic amide) rings is 1. The molecule has 2 unspecified atom stereocenters. The van der Waals surface area contributed by atoms with Gasteiger partial charge >= 0.3 is 5.97 Å². The highest BCUT2D eigenvalue weighted by atomic mass is 32.2. The summed E-state index contributed by atoms with van der Waals surface area (Å²) in [5.41, 5.74) is 4.56. The molecule has 2 aliphatic heterocycles. The normalized spacial score (nSPS) is 17.7. The molecular weight excluding hydrogens is 1030 g/mol. The summed E-state index contributed by atoms with van der Waals surface area (Å²) in [6.45, 7) is -0.230. The first-order valence-electron chi connectivity index (χ1n) is 25.3. The van der Waals surface area contributed by atoms with E-state index in [1.54, 1.807) is 48.0 Å². The van der Waals surface area contributed by atoms with Gasteiger partial charge in [-0.05, 0) is 40.5 Å². The first kappa shape index (κ1) is 51.5. The largest absolute Gasteiger partial charge is 0.497 e. The minimum Gasteiger partial charge on any atom is -0.497 e. The smallest absolute Gasteiger partial charge is 0.324 e. The number of hydrogen-bond donors (Lipinski definition) is 2. The summed E-state index contributed by atoms with van der Waals surface area (Å²) in [6.07, 6.45) is 5.13. The van der Waals surface area contributed by atoms with Crippen LogP contribution in [0.25, 0.3) is 6.08 Å². The molecule has 7 aromatic carbocycles. The third-order valence-corrected chi connectivity index (χ3v) is 17.0. The summed E-state index contributed by atoms with van der Waals surface area (Å²) in [5.74, 6) is -0.739. The van der Waals surface area contributed by atoms with Crippen LogP contribution in [0.4, 0.5) is 5.13 Å². The molecule has 0 spiro atoms. The second-order valence-corrected chi connectivity index (χ2v) is 21.6. The Kier molecular flexibility index (Phi) is 15.1. The number of ether oxygens (including phenoxy) is 2. The molecule has 2 saturated heterocycles. The fourth-order valence-corrected chi connectivity index (χ4v) is 12.7. The van der Waals surface area contributed by atoms with Gasteiger partial charge in [0.05, 0.1) is 24.7 Å². The van der Waals surface area contributed by atoms with Gasteiger partial charge in [0, 0.05) is 39.7 Å². The highest BCUT2D eigenvalue weighted by molar-refractivity contribution is 8.14. The summed E-state index contributed by atoms with van der Waals surface area (Å²) in [6, 6.07) is 66.4. The number of nitrogens with zero attached hydrogens (tertiary/aromatic N) is 4. The second-order valence-electron chi connectivity index (χ2n) is 18.7. The molecule has 0 aliphatic carbocycles. The van der Waals surface area contributed by atoms with E-state index in [0.717, 1.165) is 43.8 Å². The maximum Gasteiger partial charge on any atom is 0.324 e. The number of rotatable bonds is 19. The number of amides is 2. The molecule has 388 valence electrons. The van der Waals surface area contributed by atoms with Crippen LogP contribution in [0.1, 0.15) is 49.5 Å². The third-order valence-electron chi connectivity index (χ3n) is 14.0. The predicted octanol–water partition coefficient (Wildman–Crippen LogP) is 11.7. The average Bonchev–Trinajstić information content (AvgIpc) is 4.24. The molecule has 2 amide bonds. The Morgan fingerprint density at radius 1 is 0.718 bits per heavy atom. The van der Waals surface area contributed by atoms with Crippen LogP contribution >= 0.6 is 34.4 Å². The standard InChI is InChI=1S/C63H52N6O6S3/c1-73-52-34-32-44(33-35-52)40-74-59(72)61(37-36-53-39-64-43-77-53)42-69-56(71)55(57(69)78-58(61)68-75-63(48-26-14-5-15-27-48,49-28-16-6-17-29-49)50-30-18-7-19-31-50)66-54(70)38-51-41-76-60(65-51)67-62(45-20-8-2-9-21-45,46-22-10-3-11-23-46)47-24-12-4-13-25-47/h2-37,39,41,43,55,57H,38,40,42H2,1H3,(H,65,67)(H,66,70)/t55?,57-,61?/m1/s1. The molecule has 12 nitrogen and oxygen atoms in total. The zero-order chi connectivity index (χ0) is 53.4. The fourth-order valence-electron chi connectivity index (χ4n) is 10.1. The molecule has 11 rings (SSSR count). The Morgan fingerprint density at radius 3 is 1.74 bits per heavy atom. The number of esters is 1. The lowest BCUT2D eigenvalue weighted by molar-refractivity contribution is -0.157. The van der Waals surface area contributed by atoms with Gasteiger partial charge in [0.25, 0.3) is 0 Å². The number of oxime groups is 1. The van der Waals surface area contributed by atoms with Gasteiger partial charge < -0.3 is 29.8 Å². The van der Waals surface area contributed by atoms with Crippen LogP contribution in [0, 0.1) is 5.41 Å². The van der Waals surface area contributed by atoms with Gasteiger partial charge in [0.15, 0.2) is 10.5 Å². The lowest BCUT2D eigenvalue weighted by Crippen LogP contribution is -2.74. The molecule has 0 bridgehead atoms. The molecule has 0 saturated carbocycles. The highest BCUT2D eigenvalue weighted by Crippen LogP contribution is 2.48. The van der Waals surface area contributed by atoms with Gasteiger partial charge in [-0.2, -0.15) is 0 Å². The van der Waals surface area contributed by atoms with E-state index in [1.165, 1.54) is 34.4 Å². The maximum absolute atomic E-state index is 15.2. The molecule has 3 atom stereocenters. The molecular formula is C63H52N6O6S3. The fraction of sp³-hybridized carbons (Fsp3) is 0.143. The van der Waals surface area contributed by atoms with E-state index in [0.29, 0.717) is 16.6 Å². The number of fused-ring (bicyclic) bond motifs is 1. The van der Waals surface area contributed by atoms with Gasteiger partial charge in [-0.3, -0.25) is 19.4 Å². The maximum atomic E-state index is 15.2. The molecule has 78 heavy (non-hydrogen) atoms. The van der Waals surface area contributed by atoms with Crippen molar-refractivity contribution in [1.82, 2.24) is 20.2 Å². The van der Waals surface area contributed by atoms with Crippen molar-refractivity contribution in [1.29, 1.82) is 0 Å². The number of thioether (sulfide) groups is 1. The zero-order valence-electron chi connectivity index (χ0n) is 42.3. The van der Waals surface area contributed by atoms with Crippen molar-refractivity contribution < 1.29 is 28.7 Å². The predicted molar refractivity (Wildman–Crippen MR) is 308 cm³/mol. The van der Waals surface area contributed by atoms with Crippen molar-refractivity contribution in [3.05, 3.63) is 279 Å². The van der Waals surface area contributed by atoms with Gasteiger partial charge in [0.2, 0.25) is 17.4 Å². The topological polar surface area (TPSA) is 144 Å². The second kappa shape index (κ2) is 22.9. The van der Waals surface area contributed by atoms with Crippen LogP contribution in [-0.2, 0) is 48.1 Å². The van der Waals surface area contributed by atoms with E-state index >= 15 is 4.79 Å². The summed E-state index contributed by atoms with van der Waals surface area (Å²) < 4.78 is 11.6. The van der Waals surface area contributed by atoms with Crippen molar-refractivity contribution in [2.75, 3.05) is 19.0 Å². The number of anilines is 1. The van der Waals surface area contributed by atoms with Gasteiger partial charge in [-0.25, -0.2) is 4.98 Å². The molecule has 0 radical (unpaired) electrons. The van der Waals surface area contributed by atoms with Crippen LogP contribution < -0.4 is 15.4 Å². The molecule has 2 aromatic heterocycles. The van der Waals surface area contributed by atoms with E-state index in [9.17, 15) is 9.59 Å². The Morgan fingerprint density at radius 2 is 1.24 bits per heavy atom. The molecule has 2 aliphatic rings. The van der Waals surface area contributed by atoms with Crippen molar-refractivity contribution in [2.24, 2.45) is 10.6 Å². The number of hydrogen-bond acceptors (Lipinski definition) is 13. The number of benzene rings is 7. The Bertz CT molecular complexity index is 3340.